The van der Waals surface area contributed by atoms with Crippen LogP contribution in [0.3, 0.4) is 0 Å². The minimum absolute atomic E-state index is 0.0581. The van der Waals surface area contributed by atoms with Gasteiger partial charge in [-0.05, 0) is 56.3 Å². The number of amides is 3. The molecule has 1 aliphatic rings. The zero-order chi connectivity index (χ0) is 21.8. The van der Waals surface area contributed by atoms with Crippen molar-refractivity contribution in [2.24, 2.45) is 0 Å². The topological polar surface area (TPSA) is 70.2 Å². The zero-order valence-electron chi connectivity index (χ0n) is 17.2. The van der Waals surface area contributed by atoms with Gasteiger partial charge in [0.15, 0.2) is 0 Å². The average molecular weight is 413 g/mol. The van der Waals surface area contributed by atoms with Gasteiger partial charge in [-0.3, -0.25) is 19.3 Å². The van der Waals surface area contributed by atoms with Gasteiger partial charge in [0.1, 0.15) is 31.3 Å². The van der Waals surface area contributed by atoms with E-state index in [1.165, 1.54) is 46.1 Å². The smallest absolute Gasteiger partial charge is 0.254 e. The summed E-state index contributed by atoms with van der Waals surface area (Å²) in [6, 6.07) is 12.0. The van der Waals surface area contributed by atoms with Crippen molar-refractivity contribution >= 4 is 23.4 Å². The molecule has 8 heteroatoms. The van der Waals surface area contributed by atoms with Crippen LogP contribution in [-0.2, 0) is 9.59 Å². The molecule has 1 aliphatic heterocycles. The maximum absolute atomic E-state index is 13.1. The Balaban J connectivity index is 1.71. The number of carbonyl (C=O) groups is 3. The molecule has 3 rings (SSSR count). The van der Waals surface area contributed by atoms with E-state index in [0.29, 0.717) is 17.0 Å². The lowest BCUT2D eigenvalue weighted by Crippen LogP contribution is -2.45. The molecule has 2 aromatic carbocycles. The second-order valence-electron chi connectivity index (χ2n) is 7.29. The molecular formula is C22H24FN3O4. The Kier molecular flexibility index (Phi) is 6.34. The Morgan fingerprint density at radius 3 is 2.50 bits per heavy atom. The number of hydrogen-bond donors (Lipinski definition) is 0. The second kappa shape index (κ2) is 8.94. The first kappa shape index (κ1) is 21.3. The van der Waals surface area contributed by atoms with Crippen molar-refractivity contribution < 1.29 is 23.5 Å². The van der Waals surface area contributed by atoms with Gasteiger partial charge in [0.25, 0.3) is 5.91 Å². The van der Waals surface area contributed by atoms with Crippen molar-refractivity contribution in [1.29, 1.82) is 0 Å². The molecule has 0 atom stereocenters. The minimum Gasteiger partial charge on any atom is -0.497 e. The highest BCUT2D eigenvalue weighted by Crippen LogP contribution is 2.21. The summed E-state index contributed by atoms with van der Waals surface area (Å²) in [6.07, 6.45) is 0. The molecule has 0 N–H and O–H groups in total. The molecular weight excluding hydrogens is 389 g/mol. The maximum atomic E-state index is 13.1. The number of ether oxygens (including phenoxy) is 1. The molecule has 0 radical (unpaired) electrons. The molecule has 7 nitrogen and oxygen atoms in total. The summed E-state index contributed by atoms with van der Waals surface area (Å²) in [6.45, 7) is 3.47. The highest BCUT2D eigenvalue weighted by molar-refractivity contribution is 6.01. The van der Waals surface area contributed by atoms with Crippen molar-refractivity contribution in [2.75, 3.05) is 31.8 Å². The van der Waals surface area contributed by atoms with Crippen LogP contribution >= 0.6 is 0 Å². The van der Waals surface area contributed by atoms with Crippen LogP contribution in [0.25, 0.3) is 0 Å². The quantitative estimate of drug-likeness (QED) is 0.730. The van der Waals surface area contributed by atoms with Crippen molar-refractivity contribution in [3.63, 3.8) is 0 Å². The number of rotatable bonds is 6. The summed E-state index contributed by atoms with van der Waals surface area (Å²) >= 11 is 0. The van der Waals surface area contributed by atoms with Crippen molar-refractivity contribution in [1.82, 2.24) is 9.80 Å². The maximum Gasteiger partial charge on any atom is 0.254 e. The van der Waals surface area contributed by atoms with E-state index in [4.69, 9.17) is 4.74 Å². The lowest BCUT2D eigenvalue weighted by atomic mass is 10.1. The summed E-state index contributed by atoms with van der Waals surface area (Å²) in [5, 5.41) is 0. The van der Waals surface area contributed by atoms with Crippen LogP contribution in [0.2, 0.25) is 0 Å². The van der Waals surface area contributed by atoms with Gasteiger partial charge >= 0.3 is 0 Å². The molecule has 3 amide bonds. The summed E-state index contributed by atoms with van der Waals surface area (Å²) in [4.78, 5) is 42.5. The molecule has 30 heavy (non-hydrogen) atoms. The summed E-state index contributed by atoms with van der Waals surface area (Å²) in [7, 11) is 1.52. The third kappa shape index (κ3) is 4.59. The van der Waals surface area contributed by atoms with Crippen molar-refractivity contribution in [3.05, 3.63) is 59.9 Å². The first-order chi connectivity index (χ1) is 14.3. The Labute approximate surface area is 174 Å². The van der Waals surface area contributed by atoms with E-state index >= 15 is 0 Å². The number of nitrogens with zero attached hydrogens (tertiary/aromatic N) is 3. The molecule has 1 fully saturated rings. The highest BCUT2D eigenvalue weighted by atomic mass is 19.1. The van der Waals surface area contributed by atoms with E-state index in [2.05, 4.69) is 0 Å². The molecule has 0 aromatic heterocycles. The normalized spacial score (nSPS) is 13.7. The molecule has 0 bridgehead atoms. The predicted octanol–water partition coefficient (Wildman–Crippen LogP) is 2.52. The third-order valence-corrected chi connectivity index (χ3v) is 4.94. The number of halogens is 1. The summed E-state index contributed by atoms with van der Waals surface area (Å²) in [5.74, 6) is -0.737. The van der Waals surface area contributed by atoms with E-state index in [0.717, 1.165) is 0 Å². The van der Waals surface area contributed by atoms with Gasteiger partial charge in [0.2, 0.25) is 11.8 Å². The fourth-order valence-corrected chi connectivity index (χ4v) is 3.22. The van der Waals surface area contributed by atoms with Crippen LogP contribution in [0.15, 0.2) is 48.5 Å². The van der Waals surface area contributed by atoms with Crippen LogP contribution in [0.5, 0.6) is 5.75 Å². The van der Waals surface area contributed by atoms with E-state index in [1.807, 2.05) is 13.8 Å². The Hall–Kier alpha value is -3.42. The third-order valence-electron chi connectivity index (χ3n) is 4.94. The van der Waals surface area contributed by atoms with Crippen LogP contribution in [0, 0.1) is 5.82 Å². The highest BCUT2D eigenvalue weighted by Gasteiger charge is 2.33. The molecule has 158 valence electrons. The van der Waals surface area contributed by atoms with Gasteiger partial charge in [-0.1, -0.05) is 6.07 Å². The van der Waals surface area contributed by atoms with E-state index in [9.17, 15) is 18.8 Å². The van der Waals surface area contributed by atoms with Crippen molar-refractivity contribution in [2.45, 2.75) is 19.9 Å². The number of hydrogen-bond acceptors (Lipinski definition) is 4. The molecule has 2 aromatic rings. The number of anilines is 1. The van der Waals surface area contributed by atoms with Crippen molar-refractivity contribution in [3.8, 4) is 5.75 Å². The predicted molar refractivity (Wildman–Crippen MR) is 110 cm³/mol. The number of benzene rings is 2. The monoisotopic (exact) mass is 413 g/mol. The lowest BCUT2D eigenvalue weighted by Gasteiger charge is -2.28. The van der Waals surface area contributed by atoms with Gasteiger partial charge in [0.05, 0.1) is 7.11 Å². The molecule has 0 aliphatic carbocycles. The number of carbonyl (C=O) groups excluding carboxylic acids is 3. The Morgan fingerprint density at radius 1 is 1.17 bits per heavy atom. The molecule has 0 unspecified atom stereocenters. The molecule has 0 spiro atoms. The van der Waals surface area contributed by atoms with Crippen LogP contribution in [0.1, 0.15) is 24.2 Å². The Morgan fingerprint density at radius 2 is 1.87 bits per heavy atom. The molecule has 1 heterocycles. The molecule has 0 saturated carbocycles. The van der Waals surface area contributed by atoms with Crippen LogP contribution in [0.4, 0.5) is 10.1 Å². The fraction of sp³-hybridized carbons (Fsp3) is 0.318. The zero-order valence-corrected chi connectivity index (χ0v) is 17.2. The minimum atomic E-state index is -0.401. The van der Waals surface area contributed by atoms with Gasteiger partial charge in [-0.25, -0.2) is 4.39 Å². The lowest BCUT2D eigenvalue weighted by molar-refractivity contribution is -0.132. The van der Waals surface area contributed by atoms with E-state index in [-0.39, 0.29) is 43.5 Å². The van der Waals surface area contributed by atoms with Gasteiger partial charge in [-0.2, -0.15) is 0 Å². The fourth-order valence-electron chi connectivity index (χ4n) is 3.22. The van der Waals surface area contributed by atoms with Gasteiger partial charge in [0, 0.05) is 17.3 Å². The first-order valence-corrected chi connectivity index (χ1v) is 9.59. The largest absolute Gasteiger partial charge is 0.497 e. The standard InChI is InChI=1S/C22H24FN3O4/c1-15(2)25(22(29)16-5-4-6-19(11-16)30-3)13-20(27)24-12-21(28)26(14-24)18-9-7-17(23)8-10-18/h4-11,15H,12-14H2,1-3H3. The van der Waals surface area contributed by atoms with Gasteiger partial charge < -0.3 is 14.5 Å². The SMILES string of the molecule is COc1cccc(C(=O)N(CC(=O)N2CC(=O)N(c3ccc(F)cc3)C2)C(C)C)c1. The number of methoxy groups -OCH3 is 1. The average Bonchev–Trinajstić information content (AvgIpc) is 3.13. The van der Waals surface area contributed by atoms with E-state index < -0.39 is 5.82 Å². The molecule has 1 saturated heterocycles. The Bertz CT molecular complexity index is 946. The first-order valence-electron chi connectivity index (χ1n) is 9.59. The summed E-state index contributed by atoms with van der Waals surface area (Å²) in [5.41, 5.74) is 0.936. The van der Waals surface area contributed by atoms with Crippen LogP contribution in [-0.4, -0.2) is 60.4 Å². The van der Waals surface area contributed by atoms with E-state index in [1.54, 1.807) is 24.3 Å². The second-order valence-corrected chi connectivity index (χ2v) is 7.29. The van der Waals surface area contributed by atoms with Crippen LogP contribution < -0.4 is 9.64 Å². The summed E-state index contributed by atoms with van der Waals surface area (Å²) < 4.78 is 18.3. The van der Waals surface area contributed by atoms with Gasteiger partial charge in [-0.15, -0.1) is 0 Å².